The number of benzene rings is 1. The van der Waals surface area contributed by atoms with Crippen LogP contribution in [0.2, 0.25) is 0 Å². The Labute approximate surface area is 150 Å². The van der Waals surface area contributed by atoms with E-state index >= 15 is 0 Å². The van der Waals surface area contributed by atoms with Crippen LogP contribution in [0.1, 0.15) is 12.8 Å². The number of rotatable bonds is 5. The molecule has 3 aliphatic heterocycles. The van der Waals surface area contributed by atoms with Crippen LogP contribution in [0.5, 0.6) is 0 Å². The summed E-state index contributed by atoms with van der Waals surface area (Å²) in [5, 5.41) is 7.42. The molecule has 4 atom stereocenters. The standard InChI is InChI=1S/C19H28N4S/c1-4-14-13-23-10-9-15(14)11-18(23)12-20-19(24)21-16-5-7-17(8-6-16)22(2)3/h4-8,14-15,18H,1,9-13H2,2-3H3,(H2,20,21,24)/p+1/t14-,15-,18+/m0/s1. The first-order valence-corrected chi connectivity index (χ1v) is 9.27. The van der Waals surface area contributed by atoms with E-state index < -0.39 is 0 Å². The van der Waals surface area contributed by atoms with Crippen molar-refractivity contribution in [2.45, 2.75) is 18.9 Å². The molecule has 130 valence electrons. The minimum atomic E-state index is 0.677. The van der Waals surface area contributed by atoms with E-state index in [4.69, 9.17) is 12.2 Å². The first-order valence-electron chi connectivity index (χ1n) is 8.86. The van der Waals surface area contributed by atoms with Crippen molar-refractivity contribution in [3.05, 3.63) is 36.9 Å². The molecule has 5 heteroatoms. The number of piperidine rings is 3. The van der Waals surface area contributed by atoms with Gasteiger partial charge in [-0.05, 0) is 42.4 Å². The van der Waals surface area contributed by atoms with Crippen molar-refractivity contribution < 1.29 is 4.90 Å². The van der Waals surface area contributed by atoms with Crippen LogP contribution in [0, 0.1) is 11.8 Å². The van der Waals surface area contributed by atoms with Gasteiger partial charge in [0, 0.05) is 44.2 Å². The summed E-state index contributed by atoms with van der Waals surface area (Å²) in [6.07, 6.45) is 4.81. The van der Waals surface area contributed by atoms with Crippen molar-refractivity contribution >= 4 is 28.7 Å². The molecule has 4 nitrogen and oxygen atoms in total. The summed E-state index contributed by atoms with van der Waals surface area (Å²) >= 11 is 5.46. The largest absolute Gasteiger partial charge is 0.378 e. The summed E-state index contributed by atoms with van der Waals surface area (Å²) in [4.78, 5) is 3.81. The van der Waals surface area contributed by atoms with Gasteiger partial charge in [-0.3, -0.25) is 0 Å². The average Bonchev–Trinajstić information content (AvgIpc) is 2.60. The molecule has 1 aromatic carbocycles. The summed E-state index contributed by atoms with van der Waals surface area (Å²) < 4.78 is 0. The van der Waals surface area contributed by atoms with Gasteiger partial charge in [-0.1, -0.05) is 6.08 Å². The van der Waals surface area contributed by atoms with Crippen molar-refractivity contribution in [2.75, 3.05) is 43.9 Å². The molecule has 4 rings (SSSR count). The van der Waals surface area contributed by atoms with Crippen LogP contribution in [-0.2, 0) is 0 Å². The predicted octanol–water partition coefficient (Wildman–Crippen LogP) is 1.52. The molecule has 0 saturated carbocycles. The predicted molar refractivity (Wildman–Crippen MR) is 106 cm³/mol. The van der Waals surface area contributed by atoms with Crippen molar-refractivity contribution in [3.63, 3.8) is 0 Å². The molecule has 0 aliphatic carbocycles. The van der Waals surface area contributed by atoms with Crippen LogP contribution in [0.3, 0.4) is 0 Å². The average molecular weight is 346 g/mol. The fourth-order valence-corrected chi connectivity index (χ4v) is 4.29. The molecule has 3 fully saturated rings. The van der Waals surface area contributed by atoms with Crippen molar-refractivity contribution in [3.8, 4) is 0 Å². The summed E-state index contributed by atoms with van der Waals surface area (Å²) in [6, 6.07) is 8.99. The first kappa shape index (κ1) is 17.2. The second kappa shape index (κ2) is 7.53. The summed E-state index contributed by atoms with van der Waals surface area (Å²) in [5.74, 6) is 1.54. The van der Waals surface area contributed by atoms with E-state index in [0.717, 1.165) is 23.3 Å². The van der Waals surface area contributed by atoms with E-state index in [0.29, 0.717) is 12.0 Å². The molecule has 3 N–H and O–H groups in total. The highest BCUT2D eigenvalue weighted by molar-refractivity contribution is 7.80. The van der Waals surface area contributed by atoms with E-state index in [-0.39, 0.29) is 0 Å². The SMILES string of the molecule is C=C[C@H]1C[NH+]2CC[C@H]1C[C@@H]2CNC(=S)Nc1ccc(N(C)C)cc1. The number of quaternary nitrogens is 1. The summed E-state index contributed by atoms with van der Waals surface area (Å²) in [5.41, 5.74) is 2.22. The van der Waals surface area contributed by atoms with Gasteiger partial charge in [0.2, 0.25) is 0 Å². The highest BCUT2D eigenvalue weighted by Crippen LogP contribution is 2.27. The minimum absolute atomic E-state index is 0.677. The lowest BCUT2D eigenvalue weighted by Crippen LogP contribution is -3.20. The molecule has 0 radical (unpaired) electrons. The van der Waals surface area contributed by atoms with E-state index in [1.54, 1.807) is 4.90 Å². The Morgan fingerprint density at radius 3 is 2.71 bits per heavy atom. The van der Waals surface area contributed by atoms with Crippen LogP contribution in [0.15, 0.2) is 36.9 Å². The molecule has 24 heavy (non-hydrogen) atoms. The van der Waals surface area contributed by atoms with E-state index in [2.05, 4.69) is 52.5 Å². The lowest BCUT2D eigenvalue weighted by molar-refractivity contribution is -0.944. The Hall–Kier alpha value is -1.59. The Morgan fingerprint density at radius 2 is 2.12 bits per heavy atom. The van der Waals surface area contributed by atoms with Crippen molar-refractivity contribution in [1.82, 2.24) is 5.32 Å². The van der Waals surface area contributed by atoms with Crippen LogP contribution in [0.4, 0.5) is 11.4 Å². The van der Waals surface area contributed by atoms with Gasteiger partial charge in [-0.2, -0.15) is 0 Å². The molecule has 0 aromatic heterocycles. The summed E-state index contributed by atoms with van der Waals surface area (Å²) in [7, 11) is 4.09. The quantitative estimate of drug-likeness (QED) is 0.558. The lowest BCUT2D eigenvalue weighted by Gasteiger charge is -2.46. The third-order valence-electron chi connectivity index (χ3n) is 5.56. The van der Waals surface area contributed by atoms with Gasteiger partial charge in [0.05, 0.1) is 19.6 Å². The molecule has 3 aliphatic rings. The second-order valence-electron chi connectivity index (χ2n) is 7.27. The molecular formula is C19H29N4S+. The maximum atomic E-state index is 5.46. The monoisotopic (exact) mass is 345 g/mol. The topological polar surface area (TPSA) is 31.7 Å². The fraction of sp³-hybridized carbons (Fsp3) is 0.526. The van der Waals surface area contributed by atoms with Gasteiger partial charge in [-0.15, -0.1) is 6.58 Å². The summed E-state index contributed by atoms with van der Waals surface area (Å²) in [6.45, 7) is 7.50. The number of thiocarbonyl (C=S) groups is 1. The number of nitrogens with zero attached hydrogens (tertiary/aromatic N) is 1. The third-order valence-corrected chi connectivity index (χ3v) is 5.80. The normalized spacial score (nSPS) is 28.2. The Morgan fingerprint density at radius 1 is 1.38 bits per heavy atom. The van der Waals surface area contributed by atoms with E-state index in [1.807, 2.05) is 14.1 Å². The van der Waals surface area contributed by atoms with E-state index in [9.17, 15) is 0 Å². The number of anilines is 2. The molecule has 2 bridgehead atoms. The molecule has 0 amide bonds. The molecule has 3 saturated heterocycles. The maximum absolute atomic E-state index is 5.46. The van der Waals surface area contributed by atoms with E-state index in [1.165, 1.54) is 31.6 Å². The van der Waals surface area contributed by atoms with Gasteiger partial charge in [0.15, 0.2) is 5.11 Å². The Balaban J connectivity index is 1.47. The second-order valence-corrected chi connectivity index (χ2v) is 7.68. The molecule has 1 unspecified atom stereocenters. The minimum Gasteiger partial charge on any atom is -0.378 e. The molecular weight excluding hydrogens is 316 g/mol. The van der Waals surface area contributed by atoms with Gasteiger partial charge < -0.3 is 20.4 Å². The van der Waals surface area contributed by atoms with Crippen molar-refractivity contribution in [2.24, 2.45) is 11.8 Å². The number of nitrogens with one attached hydrogen (secondary N) is 3. The number of fused-ring (bicyclic) bond motifs is 3. The maximum Gasteiger partial charge on any atom is 0.170 e. The highest BCUT2D eigenvalue weighted by Gasteiger charge is 2.41. The zero-order chi connectivity index (χ0) is 17.1. The van der Waals surface area contributed by atoms with Crippen LogP contribution in [-0.4, -0.2) is 44.9 Å². The van der Waals surface area contributed by atoms with Crippen LogP contribution in [0.25, 0.3) is 0 Å². The third kappa shape index (κ3) is 3.90. The Bertz CT molecular complexity index is 584. The zero-order valence-electron chi connectivity index (χ0n) is 14.7. The highest BCUT2D eigenvalue weighted by atomic mass is 32.1. The van der Waals surface area contributed by atoms with Gasteiger partial charge >= 0.3 is 0 Å². The van der Waals surface area contributed by atoms with Crippen molar-refractivity contribution in [1.29, 1.82) is 0 Å². The molecule has 1 aromatic rings. The number of hydrogen-bond acceptors (Lipinski definition) is 2. The Kier molecular flexibility index (Phi) is 5.41. The first-order chi connectivity index (χ1) is 11.6. The zero-order valence-corrected chi connectivity index (χ0v) is 15.5. The number of hydrogen-bond donors (Lipinski definition) is 3. The molecule has 0 spiro atoms. The van der Waals surface area contributed by atoms with Gasteiger partial charge in [-0.25, -0.2) is 0 Å². The lowest BCUT2D eigenvalue weighted by atomic mass is 9.76. The van der Waals surface area contributed by atoms with Crippen LogP contribution >= 0.6 is 12.2 Å². The molecule has 3 heterocycles. The van der Waals surface area contributed by atoms with Gasteiger partial charge in [0.25, 0.3) is 0 Å². The fourth-order valence-electron chi connectivity index (χ4n) is 4.09. The smallest absolute Gasteiger partial charge is 0.170 e. The van der Waals surface area contributed by atoms with Crippen LogP contribution < -0.4 is 20.4 Å². The van der Waals surface area contributed by atoms with Gasteiger partial charge in [0.1, 0.15) is 6.04 Å².